The predicted octanol–water partition coefficient (Wildman–Crippen LogP) is 2.86. The molecule has 1 aromatic carbocycles. The molecule has 1 aromatic rings. The lowest BCUT2D eigenvalue weighted by atomic mass is 10.0. The number of unbranched alkanes of at least 4 members (excludes halogenated alkanes) is 1. The fourth-order valence-electron chi connectivity index (χ4n) is 2.41. The average Bonchev–Trinajstić information content (AvgIpc) is 2.76. The summed E-state index contributed by atoms with van der Waals surface area (Å²) in [6, 6.07) is 4.75. The largest absolute Gasteiger partial charge is 0.349 e. The van der Waals surface area contributed by atoms with Crippen LogP contribution in [0.3, 0.4) is 0 Å². The molecule has 1 unspecified atom stereocenters. The third-order valence-electron chi connectivity index (χ3n) is 4.33. The Hall–Kier alpha value is -2.17. The topological polar surface area (TPSA) is 66.5 Å². The number of benzene rings is 1. The van der Waals surface area contributed by atoms with E-state index in [0.717, 1.165) is 12.8 Å². The highest BCUT2D eigenvalue weighted by molar-refractivity contribution is 6.22. The van der Waals surface area contributed by atoms with Gasteiger partial charge in [-0.3, -0.25) is 19.3 Å². The van der Waals surface area contributed by atoms with Gasteiger partial charge < -0.3 is 5.32 Å². The average molecular weight is 316 g/mol. The van der Waals surface area contributed by atoms with Gasteiger partial charge in [0.1, 0.15) is 0 Å². The number of rotatable bonds is 6. The SMILES string of the molecule is CCCCN1C(=O)c2ccc(C(=O)NC(C)C(C)C)cc2C1=O. The van der Waals surface area contributed by atoms with Gasteiger partial charge in [0.05, 0.1) is 11.1 Å². The Labute approximate surface area is 137 Å². The Kier molecular flexibility index (Phi) is 5.19. The van der Waals surface area contributed by atoms with E-state index in [-0.39, 0.29) is 23.8 Å². The second-order valence-electron chi connectivity index (χ2n) is 6.38. The van der Waals surface area contributed by atoms with E-state index in [4.69, 9.17) is 0 Å². The van der Waals surface area contributed by atoms with Crippen LogP contribution >= 0.6 is 0 Å². The summed E-state index contributed by atoms with van der Waals surface area (Å²) in [4.78, 5) is 38.2. The smallest absolute Gasteiger partial charge is 0.261 e. The molecule has 23 heavy (non-hydrogen) atoms. The predicted molar refractivity (Wildman–Crippen MR) is 88.5 cm³/mol. The van der Waals surface area contributed by atoms with Crippen molar-refractivity contribution in [2.75, 3.05) is 6.54 Å². The van der Waals surface area contributed by atoms with Gasteiger partial charge in [-0.25, -0.2) is 0 Å². The second kappa shape index (κ2) is 6.94. The molecule has 1 atom stereocenters. The van der Waals surface area contributed by atoms with Crippen LogP contribution < -0.4 is 5.32 Å². The molecule has 0 radical (unpaired) electrons. The third kappa shape index (κ3) is 3.44. The molecule has 0 spiro atoms. The lowest BCUT2D eigenvalue weighted by Gasteiger charge is -2.17. The number of hydrogen-bond donors (Lipinski definition) is 1. The van der Waals surface area contributed by atoms with Crippen molar-refractivity contribution in [2.24, 2.45) is 5.92 Å². The van der Waals surface area contributed by atoms with Gasteiger partial charge in [0, 0.05) is 18.2 Å². The molecule has 0 aliphatic carbocycles. The summed E-state index contributed by atoms with van der Waals surface area (Å²) in [5.41, 5.74) is 1.13. The molecule has 1 N–H and O–H groups in total. The molecule has 1 aliphatic heterocycles. The number of hydrogen-bond acceptors (Lipinski definition) is 3. The molecule has 124 valence electrons. The monoisotopic (exact) mass is 316 g/mol. The Balaban J connectivity index is 2.21. The summed E-state index contributed by atoms with van der Waals surface area (Å²) in [5.74, 6) is -0.464. The molecule has 5 heteroatoms. The molecule has 1 heterocycles. The van der Waals surface area contributed by atoms with E-state index < -0.39 is 0 Å². The second-order valence-corrected chi connectivity index (χ2v) is 6.38. The van der Waals surface area contributed by atoms with Crippen LogP contribution in [0.2, 0.25) is 0 Å². The van der Waals surface area contributed by atoms with E-state index in [0.29, 0.717) is 29.2 Å². The lowest BCUT2D eigenvalue weighted by molar-refractivity contribution is 0.0652. The number of nitrogens with one attached hydrogen (secondary N) is 1. The van der Waals surface area contributed by atoms with Crippen molar-refractivity contribution in [3.8, 4) is 0 Å². The van der Waals surface area contributed by atoms with Crippen molar-refractivity contribution in [2.45, 2.75) is 46.6 Å². The van der Waals surface area contributed by atoms with E-state index in [9.17, 15) is 14.4 Å². The highest BCUT2D eigenvalue weighted by Gasteiger charge is 2.35. The molecule has 1 aliphatic rings. The maximum absolute atomic E-state index is 12.4. The minimum atomic E-state index is -0.301. The first kappa shape index (κ1) is 17.2. The zero-order valence-corrected chi connectivity index (χ0v) is 14.2. The summed E-state index contributed by atoms with van der Waals surface area (Å²) >= 11 is 0. The molecule has 0 saturated heterocycles. The number of nitrogens with zero attached hydrogens (tertiary/aromatic N) is 1. The minimum Gasteiger partial charge on any atom is -0.349 e. The summed E-state index contributed by atoms with van der Waals surface area (Å²) in [7, 11) is 0. The highest BCUT2D eigenvalue weighted by atomic mass is 16.2. The van der Waals surface area contributed by atoms with Crippen LogP contribution in [0.15, 0.2) is 18.2 Å². The number of imide groups is 1. The van der Waals surface area contributed by atoms with Crippen molar-refractivity contribution >= 4 is 17.7 Å². The normalized spacial score (nSPS) is 15.1. The van der Waals surface area contributed by atoms with Crippen molar-refractivity contribution < 1.29 is 14.4 Å². The Morgan fingerprint density at radius 1 is 1.13 bits per heavy atom. The van der Waals surface area contributed by atoms with Gasteiger partial charge in [-0.05, 0) is 37.5 Å². The molecular weight excluding hydrogens is 292 g/mol. The van der Waals surface area contributed by atoms with E-state index in [2.05, 4.69) is 5.32 Å². The maximum Gasteiger partial charge on any atom is 0.261 e. The van der Waals surface area contributed by atoms with Crippen LogP contribution in [-0.2, 0) is 0 Å². The van der Waals surface area contributed by atoms with Crippen LogP contribution in [0.25, 0.3) is 0 Å². The van der Waals surface area contributed by atoms with Crippen molar-refractivity contribution in [3.05, 3.63) is 34.9 Å². The first-order valence-electron chi connectivity index (χ1n) is 8.18. The Morgan fingerprint density at radius 3 is 2.39 bits per heavy atom. The fraction of sp³-hybridized carbons (Fsp3) is 0.500. The van der Waals surface area contributed by atoms with Gasteiger partial charge in [-0.2, -0.15) is 0 Å². The molecular formula is C18H24N2O3. The van der Waals surface area contributed by atoms with Gasteiger partial charge in [-0.1, -0.05) is 27.2 Å². The van der Waals surface area contributed by atoms with Crippen LogP contribution in [0.5, 0.6) is 0 Å². The Morgan fingerprint density at radius 2 is 1.78 bits per heavy atom. The fourth-order valence-corrected chi connectivity index (χ4v) is 2.41. The van der Waals surface area contributed by atoms with Crippen molar-refractivity contribution in [1.82, 2.24) is 10.2 Å². The summed E-state index contributed by atoms with van der Waals surface area (Å²) in [6.07, 6.45) is 1.69. The molecule has 0 aromatic heterocycles. The summed E-state index contributed by atoms with van der Waals surface area (Å²) in [5, 5.41) is 2.91. The van der Waals surface area contributed by atoms with Gasteiger partial charge in [0.2, 0.25) is 0 Å². The van der Waals surface area contributed by atoms with Crippen LogP contribution in [0.4, 0.5) is 0 Å². The van der Waals surface area contributed by atoms with Gasteiger partial charge >= 0.3 is 0 Å². The van der Waals surface area contributed by atoms with Crippen LogP contribution in [0, 0.1) is 5.92 Å². The van der Waals surface area contributed by atoms with E-state index in [1.165, 1.54) is 11.0 Å². The third-order valence-corrected chi connectivity index (χ3v) is 4.33. The highest BCUT2D eigenvalue weighted by Crippen LogP contribution is 2.24. The minimum absolute atomic E-state index is 0.0362. The summed E-state index contributed by atoms with van der Waals surface area (Å²) < 4.78 is 0. The van der Waals surface area contributed by atoms with Gasteiger partial charge in [0.25, 0.3) is 17.7 Å². The van der Waals surface area contributed by atoms with Crippen molar-refractivity contribution in [3.63, 3.8) is 0 Å². The zero-order valence-electron chi connectivity index (χ0n) is 14.2. The Bertz CT molecular complexity index is 637. The molecule has 2 rings (SSSR count). The molecule has 0 bridgehead atoms. The number of carbonyl (C=O) groups is 3. The van der Waals surface area contributed by atoms with Crippen molar-refractivity contribution in [1.29, 1.82) is 0 Å². The summed E-state index contributed by atoms with van der Waals surface area (Å²) in [6.45, 7) is 8.44. The molecule has 5 nitrogen and oxygen atoms in total. The maximum atomic E-state index is 12.4. The quantitative estimate of drug-likeness (QED) is 0.821. The number of fused-ring (bicyclic) bond motifs is 1. The van der Waals surface area contributed by atoms with E-state index in [1.807, 2.05) is 27.7 Å². The zero-order chi connectivity index (χ0) is 17.1. The molecule has 3 amide bonds. The first-order chi connectivity index (χ1) is 10.9. The van der Waals surface area contributed by atoms with E-state index >= 15 is 0 Å². The lowest BCUT2D eigenvalue weighted by Crippen LogP contribution is -2.36. The number of carbonyl (C=O) groups excluding carboxylic acids is 3. The molecule has 0 fully saturated rings. The van der Waals surface area contributed by atoms with E-state index in [1.54, 1.807) is 12.1 Å². The van der Waals surface area contributed by atoms with Crippen LogP contribution in [0.1, 0.15) is 71.6 Å². The number of amides is 3. The van der Waals surface area contributed by atoms with Crippen LogP contribution in [-0.4, -0.2) is 35.2 Å². The molecule has 0 saturated carbocycles. The standard InChI is InChI=1S/C18H24N2O3/c1-5-6-9-20-17(22)14-8-7-13(10-15(14)18(20)23)16(21)19-12(4)11(2)3/h7-8,10-12H,5-6,9H2,1-4H3,(H,19,21). The first-order valence-corrected chi connectivity index (χ1v) is 8.18. The van der Waals surface area contributed by atoms with Gasteiger partial charge in [-0.15, -0.1) is 0 Å². The van der Waals surface area contributed by atoms with Gasteiger partial charge in [0.15, 0.2) is 0 Å².